The van der Waals surface area contributed by atoms with Crippen LogP contribution in [0.5, 0.6) is 0 Å². The summed E-state index contributed by atoms with van der Waals surface area (Å²) in [6.07, 6.45) is 0.895. The Morgan fingerprint density at radius 1 is 1.31 bits per heavy atom. The Labute approximate surface area is 186 Å². The molecule has 1 fully saturated rings. The van der Waals surface area contributed by atoms with Crippen molar-refractivity contribution >= 4 is 11.9 Å². The van der Waals surface area contributed by atoms with E-state index in [2.05, 4.69) is 21.3 Å². The number of nitriles is 1. The number of hydrogen-bond donors (Lipinski definition) is 2. The van der Waals surface area contributed by atoms with Gasteiger partial charge in [-0.1, -0.05) is 6.07 Å². The van der Waals surface area contributed by atoms with Crippen LogP contribution in [-0.4, -0.2) is 52.5 Å². The number of rotatable bonds is 5. The summed E-state index contributed by atoms with van der Waals surface area (Å²) < 4.78 is 5.10. The molecule has 1 aromatic carbocycles. The van der Waals surface area contributed by atoms with Crippen LogP contribution < -0.4 is 5.32 Å². The van der Waals surface area contributed by atoms with Crippen molar-refractivity contribution in [2.24, 2.45) is 0 Å². The van der Waals surface area contributed by atoms with Crippen LogP contribution in [0.2, 0.25) is 0 Å². The van der Waals surface area contributed by atoms with Gasteiger partial charge < -0.3 is 20.1 Å². The van der Waals surface area contributed by atoms with E-state index >= 15 is 0 Å². The van der Waals surface area contributed by atoms with Crippen molar-refractivity contribution in [2.75, 3.05) is 19.6 Å². The van der Waals surface area contributed by atoms with Gasteiger partial charge in [-0.05, 0) is 56.0 Å². The zero-order valence-electron chi connectivity index (χ0n) is 18.2. The summed E-state index contributed by atoms with van der Waals surface area (Å²) in [5, 5.41) is 22.8. The van der Waals surface area contributed by atoms with Crippen molar-refractivity contribution in [3.05, 3.63) is 63.5 Å². The number of pyridine rings is 1. The maximum absolute atomic E-state index is 12.5. The summed E-state index contributed by atoms with van der Waals surface area (Å²) in [5.74, 6) is -0.541. The van der Waals surface area contributed by atoms with Gasteiger partial charge >= 0.3 is 5.97 Å². The minimum atomic E-state index is -0.659. The molecule has 0 aliphatic carbocycles. The SMILES string of the molecule is Cc1nc(C(=O)NC2CCN(C[C@H](O)c3ccc4c(c3C)COC4=O)CC2)ccc1C#N. The standard InChI is InChI=1S/C24H26N4O4/c1-14-18(4-5-19-20(14)13-32-24(19)31)22(29)12-28-9-7-17(8-10-28)27-23(30)21-6-3-16(11-25)15(2)26-21/h3-6,17,22,29H,7-10,12-13H2,1-2H3,(H,27,30)/t22-/m0/s1. The maximum Gasteiger partial charge on any atom is 0.338 e. The number of nitrogens with one attached hydrogen (secondary N) is 1. The Bertz CT molecular complexity index is 1100. The maximum atomic E-state index is 12.5. The molecule has 0 radical (unpaired) electrons. The van der Waals surface area contributed by atoms with Gasteiger partial charge in [-0.25, -0.2) is 9.78 Å². The number of esters is 1. The van der Waals surface area contributed by atoms with Crippen LogP contribution in [0.25, 0.3) is 0 Å². The highest BCUT2D eigenvalue weighted by Gasteiger charge is 2.28. The summed E-state index contributed by atoms with van der Waals surface area (Å²) in [4.78, 5) is 30.7. The zero-order valence-corrected chi connectivity index (χ0v) is 18.2. The number of cyclic esters (lactones) is 1. The first kappa shape index (κ1) is 21.9. The number of aliphatic hydroxyl groups is 1. The van der Waals surface area contributed by atoms with Crippen molar-refractivity contribution in [1.82, 2.24) is 15.2 Å². The third kappa shape index (κ3) is 4.35. The predicted molar refractivity (Wildman–Crippen MR) is 116 cm³/mol. The monoisotopic (exact) mass is 434 g/mol. The van der Waals surface area contributed by atoms with E-state index in [9.17, 15) is 14.7 Å². The third-order valence-corrected chi connectivity index (χ3v) is 6.36. The normalized spacial score (nSPS) is 17.4. The summed E-state index contributed by atoms with van der Waals surface area (Å²) in [6, 6.07) is 8.82. The molecule has 2 aliphatic heterocycles. The molecule has 8 nitrogen and oxygen atoms in total. The van der Waals surface area contributed by atoms with Gasteiger partial charge in [-0.3, -0.25) is 4.79 Å². The first-order valence-corrected chi connectivity index (χ1v) is 10.8. The molecule has 0 saturated carbocycles. The van der Waals surface area contributed by atoms with Crippen LogP contribution in [0.1, 0.15) is 67.7 Å². The number of aromatic nitrogens is 1. The number of β-amino-alcohol motifs (C(OH)–C–C–N with tert-alkyl or cyclic N) is 1. The number of ether oxygens (including phenoxy) is 1. The fourth-order valence-electron chi connectivity index (χ4n) is 4.40. The number of fused-ring (bicyclic) bond motifs is 1. The second-order valence-corrected chi connectivity index (χ2v) is 8.39. The zero-order chi connectivity index (χ0) is 22.8. The van der Waals surface area contributed by atoms with E-state index in [0.29, 0.717) is 29.1 Å². The minimum Gasteiger partial charge on any atom is -0.457 e. The molecule has 4 rings (SSSR count). The van der Waals surface area contributed by atoms with Gasteiger partial charge in [0.1, 0.15) is 18.4 Å². The molecule has 3 heterocycles. The minimum absolute atomic E-state index is 0.0403. The van der Waals surface area contributed by atoms with Crippen molar-refractivity contribution < 1.29 is 19.4 Å². The molecule has 1 saturated heterocycles. The number of nitrogens with zero attached hydrogens (tertiary/aromatic N) is 3. The average Bonchev–Trinajstić information content (AvgIpc) is 3.16. The van der Waals surface area contributed by atoms with Crippen molar-refractivity contribution in [1.29, 1.82) is 5.26 Å². The second kappa shape index (κ2) is 9.07. The molecule has 32 heavy (non-hydrogen) atoms. The summed E-state index contributed by atoms with van der Waals surface area (Å²) >= 11 is 0. The van der Waals surface area contributed by atoms with E-state index in [1.165, 1.54) is 0 Å². The Kier molecular flexibility index (Phi) is 6.21. The van der Waals surface area contributed by atoms with Crippen molar-refractivity contribution in [3.63, 3.8) is 0 Å². The quantitative estimate of drug-likeness (QED) is 0.693. The summed E-state index contributed by atoms with van der Waals surface area (Å²) in [6.45, 7) is 5.90. The van der Waals surface area contributed by atoms with Gasteiger partial charge in [0, 0.05) is 31.2 Å². The number of amides is 1. The highest BCUT2D eigenvalue weighted by Crippen LogP contribution is 2.29. The van der Waals surface area contributed by atoms with Crippen molar-refractivity contribution in [2.45, 2.75) is 45.4 Å². The smallest absolute Gasteiger partial charge is 0.338 e. The second-order valence-electron chi connectivity index (χ2n) is 8.39. The molecule has 0 spiro atoms. The number of piperidine rings is 1. The molecule has 8 heteroatoms. The largest absolute Gasteiger partial charge is 0.457 e. The number of benzene rings is 1. The lowest BCUT2D eigenvalue weighted by molar-refractivity contribution is 0.0534. The lowest BCUT2D eigenvalue weighted by Gasteiger charge is -2.33. The number of likely N-dealkylation sites (tertiary alicyclic amines) is 1. The molecule has 1 amide bonds. The van der Waals surface area contributed by atoms with Crippen LogP contribution in [0.3, 0.4) is 0 Å². The fraction of sp³-hybridized carbons (Fsp3) is 0.417. The van der Waals surface area contributed by atoms with Gasteiger partial charge in [0.2, 0.25) is 0 Å². The fourth-order valence-corrected chi connectivity index (χ4v) is 4.40. The number of carbonyl (C=O) groups is 2. The molecule has 166 valence electrons. The van der Waals surface area contributed by atoms with Gasteiger partial charge in [-0.2, -0.15) is 5.26 Å². The van der Waals surface area contributed by atoms with E-state index in [1.807, 2.05) is 13.0 Å². The van der Waals surface area contributed by atoms with E-state index in [0.717, 1.165) is 42.6 Å². The molecule has 1 atom stereocenters. The third-order valence-electron chi connectivity index (χ3n) is 6.36. The molecule has 2 aliphatic rings. The highest BCUT2D eigenvalue weighted by atomic mass is 16.5. The van der Waals surface area contributed by atoms with Crippen LogP contribution >= 0.6 is 0 Å². The van der Waals surface area contributed by atoms with Gasteiger partial charge in [-0.15, -0.1) is 0 Å². The summed E-state index contributed by atoms with van der Waals surface area (Å²) in [7, 11) is 0. The number of carbonyl (C=O) groups excluding carboxylic acids is 2. The Hall–Kier alpha value is -3.28. The van der Waals surface area contributed by atoms with Gasteiger partial charge in [0.15, 0.2) is 0 Å². The van der Waals surface area contributed by atoms with Crippen LogP contribution in [-0.2, 0) is 11.3 Å². The average molecular weight is 434 g/mol. The molecule has 0 unspecified atom stereocenters. The molecule has 0 bridgehead atoms. The van der Waals surface area contributed by atoms with E-state index in [-0.39, 0.29) is 24.5 Å². The van der Waals surface area contributed by atoms with Crippen LogP contribution in [0.4, 0.5) is 0 Å². The lowest BCUT2D eigenvalue weighted by Crippen LogP contribution is -2.45. The molecule has 2 aromatic rings. The number of aryl methyl sites for hydroxylation is 1. The van der Waals surface area contributed by atoms with E-state index in [1.54, 1.807) is 25.1 Å². The molecular formula is C24H26N4O4. The van der Waals surface area contributed by atoms with Crippen LogP contribution in [0.15, 0.2) is 24.3 Å². The lowest BCUT2D eigenvalue weighted by atomic mass is 9.94. The first-order chi connectivity index (χ1) is 15.4. The molecule has 1 aromatic heterocycles. The van der Waals surface area contributed by atoms with E-state index in [4.69, 9.17) is 10.00 Å². The highest BCUT2D eigenvalue weighted by molar-refractivity contribution is 5.94. The van der Waals surface area contributed by atoms with Gasteiger partial charge in [0.25, 0.3) is 5.91 Å². The molecule has 2 N–H and O–H groups in total. The van der Waals surface area contributed by atoms with Crippen LogP contribution in [0, 0.1) is 25.2 Å². The Morgan fingerprint density at radius 2 is 2.06 bits per heavy atom. The topological polar surface area (TPSA) is 116 Å². The van der Waals surface area contributed by atoms with Crippen molar-refractivity contribution in [3.8, 4) is 6.07 Å². The summed E-state index contributed by atoms with van der Waals surface area (Å²) in [5.41, 5.74) is 4.50. The number of aliphatic hydroxyl groups excluding tert-OH is 1. The first-order valence-electron chi connectivity index (χ1n) is 10.8. The molecular weight excluding hydrogens is 408 g/mol. The number of hydrogen-bond acceptors (Lipinski definition) is 7. The Balaban J connectivity index is 1.31. The van der Waals surface area contributed by atoms with Gasteiger partial charge in [0.05, 0.1) is 22.9 Å². The van der Waals surface area contributed by atoms with E-state index < -0.39 is 6.10 Å². The Morgan fingerprint density at radius 3 is 2.75 bits per heavy atom. The predicted octanol–water partition coefficient (Wildman–Crippen LogP) is 2.17.